The summed E-state index contributed by atoms with van der Waals surface area (Å²) in [5.74, 6) is 1.76. The average molecular weight is 313 g/mol. The second kappa shape index (κ2) is 5.10. The Morgan fingerprint density at radius 1 is 1.41 bits per heavy atom. The summed E-state index contributed by atoms with van der Waals surface area (Å²) in [4.78, 5) is 0. The number of nitrogen functional groups attached to an aromatic ring is 1. The second-order valence-electron chi connectivity index (χ2n) is 3.73. The van der Waals surface area contributed by atoms with Gasteiger partial charge in [-0.1, -0.05) is 17.8 Å². The van der Waals surface area contributed by atoms with Crippen LogP contribution in [0.5, 0.6) is 0 Å². The van der Waals surface area contributed by atoms with E-state index in [0.29, 0.717) is 0 Å². The Hall–Kier alpha value is -1.01. The monoisotopic (exact) mass is 312 g/mol. The van der Waals surface area contributed by atoms with Gasteiger partial charge in [0.05, 0.1) is 0 Å². The first-order valence-electron chi connectivity index (χ1n) is 5.10. The maximum atomic E-state index is 5.83. The van der Waals surface area contributed by atoms with Crippen molar-refractivity contribution in [1.29, 1.82) is 0 Å². The van der Waals surface area contributed by atoms with Crippen LogP contribution in [0.1, 0.15) is 11.4 Å². The summed E-state index contributed by atoms with van der Waals surface area (Å²) in [6.45, 7) is 1.94. The fraction of sp³-hybridized carbons (Fsp3) is 0.273. The molecule has 0 unspecified atom stereocenters. The minimum Gasteiger partial charge on any atom is -0.398 e. The molecule has 0 saturated carbocycles. The van der Waals surface area contributed by atoms with E-state index in [9.17, 15) is 0 Å². The third-order valence-electron chi connectivity index (χ3n) is 2.48. The number of aryl methyl sites for hydroxylation is 1. The molecule has 2 N–H and O–H groups in total. The molecule has 0 amide bonds. The molecule has 1 heterocycles. The number of hydrogen-bond acceptors (Lipinski definition) is 4. The van der Waals surface area contributed by atoms with E-state index in [-0.39, 0.29) is 0 Å². The van der Waals surface area contributed by atoms with E-state index in [4.69, 9.17) is 5.73 Å². The Labute approximate surface area is 113 Å². The molecule has 0 saturated heterocycles. The minimum atomic E-state index is 0.761. The number of nitrogens with zero attached hydrogens (tertiary/aromatic N) is 3. The molecule has 0 bridgehead atoms. The maximum absolute atomic E-state index is 5.83. The SMILES string of the molecule is Cc1nnc(SCc2ccc(Br)c(N)c2)n1C. The summed E-state index contributed by atoms with van der Waals surface area (Å²) in [7, 11) is 1.97. The molecule has 0 aliphatic rings. The first-order chi connectivity index (χ1) is 8.08. The van der Waals surface area contributed by atoms with Gasteiger partial charge in [0.2, 0.25) is 0 Å². The van der Waals surface area contributed by atoms with Crippen molar-refractivity contribution in [2.45, 2.75) is 17.8 Å². The second-order valence-corrected chi connectivity index (χ2v) is 5.53. The van der Waals surface area contributed by atoms with Gasteiger partial charge in [0.15, 0.2) is 5.16 Å². The van der Waals surface area contributed by atoms with E-state index in [1.165, 1.54) is 5.56 Å². The third-order valence-corrected chi connectivity index (χ3v) is 4.29. The lowest BCUT2D eigenvalue weighted by atomic mass is 10.2. The highest BCUT2D eigenvalue weighted by Crippen LogP contribution is 2.25. The van der Waals surface area contributed by atoms with Crippen molar-refractivity contribution in [3.63, 3.8) is 0 Å². The molecule has 17 heavy (non-hydrogen) atoms. The Balaban J connectivity index is 2.07. The van der Waals surface area contributed by atoms with Crippen molar-refractivity contribution >= 4 is 33.4 Å². The van der Waals surface area contributed by atoms with Crippen LogP contribution in [0.4, 0.5) is 5.69 Å². The lowest BCUT2D eigenvalue weighted by Crippen LogP contribution is -1.94. The van der Waals surface area contributed by atoms with Gasteiger partial charge in [-0.2, -0.15) is 0 Å². The van der Waals surface area contributed by atoms with Gasteiger partial charge in [-0.05, 0) is 40.5 Å². The van der Waals surface area contributed by atoms with Crippen molar-refractivity contribution in [1.82, 2.24) is 14.8 Å². The number of anilines is 1. The van der Waals surface area contributed by atoms with Gasteiger partial charge in [0, 0.05) is 23.0 Å². The van der Waals surface area contributed by atoms with Crippen molar-refractivity contribution < 1.29 is 0 Å². The van der Waals surface area contributed by atoms with Gasteiger partial charge < -0.3 is 10.3 Å². The van der Waals surface area contributed by atoms with Gasteiger partial charge in [-0.25, -0.2) is 0 Å². The highest BCUT2D eigenvalue weighted by atomic mass is 79.9. The highest BCUT2D eigenvalue weighted by Gasteiger charge is 2.06. The molecular formula is C11H13BrN4S. The molecule has 0 aliphatic heterocycles. The van der Waals surface area contributed by atoms with E-state index >= 15 is 0 Å². The summed E-state index contributed by atoms with van der Waals surface area (Å²) < 4.78 is 2.91. The molecule has 0 spiro atoms. The summed E-state index contributed by atoms with van der Waals surface area (Å²) in [6, 6.07) is 5.99. The zero-order valence-corrected chi connectivity index (χ0v) is 12.0. The summed E-state index contributed by atoms with van der Waals surface area (Å²) in [6.07, 6.45) is 0. The van der Waals surface area contributed by atoms with Crippen LogP contribution in [-0.2, 0) is 12.8 Å². The molecule has 1 aromatic heterocycles. The Bertz CT molecular complexity index is 538. The van der Waals surface area contributed by atoms with Gasteiger partial charge in [-0.15, -0.1) is 10.2 Å². The molecule has 2 rings (SSSR count). The number of rotatable bonds is 3. The quantitative estimate of drug-likeness (QED) is 0.699. The zero-order valence-electron chi connectivity index (χ0n) is 9.64. The smallest absolute Gasteiger partial charge is 0.191 e. The highest BCUT2D eigenvalue weighted by molar-refractivity contribution is 9.10. The van der Waals surface area contributed by atoms with Crippen LogP contribution >= 0.6 is 27.7 Å². The molecule has 4 nitrogen and oxygen atoms in total. The van der Waals surface area contributed by atoms with Crippen LogP contribution in [0, 0.1) is 6.92 Å². The van der Waals surface area contributed by atoms with E-state index < -0.39 is 0 Å². The minimum absolute atomic E-state index is 0.761. The van der Waals surface area contributed by atoms with Crippen molar-refractivity contribution in [2.24, 2.45) is 7.05 Å². The molecule has 0 fully saturated rings. The normalized spacial score (nSPS) is 10.8. The fourth-order valence-corrected chi connectivity index (χ4v) is 2.49. The Morgan fingerprint density at radius 2 is 2.18 bits per heavy atom. The third kappa shape index (κ3) is 2.81. The van der Waals surface area contributed by atoms with Crippen molar-refractivity contribution in [3.8, 4) is 0 Å². The molecular weight excluding hydrogens is 300 g/mol. The fourth-order valence-electron chi connectivity index (χ4n) is 1.34. The summed E-state index contributed by atoms with van der Waals surface area (Å²) >= 11 is 5.04. The van der Waals surface area contributed by atoms with E-state index in [2.05, 4.69) is 32.2 Å². The maximum Gasteiger partial charge on any atom is 0.191 e. The Morgan fingerprint density at radius 3 is 2.76 bits per heavy atom. The number of halogens is 1. The molecule has 2 aromatic rings. The van der Waals surface area contributed by atoms with Crippen LogP contribution in [0.3, 0.4) is 0 Å². The molecule has 0 atom stereocenters. The average Bonchev–Trinajstić information content (AvgIpc) is 2.62. The van der Waals surface area contributed by atoms with E-state index in [1.807, 2.05) is 30.7 Å². The van der Waals surface area contributed by atoms with Crippen LogP contribution in [0.2, 0.25) is 0 Å². The molecule has 1 aromatic carbocycles. The predicted octanol–water partition coefficient (Wildman–Crippen LogP) is 2.76. The predicted molar refractivity (Wildman–Crippen MR) is 73.9 cm³/mol. The summed E-state index contributed by atoms with van der Waals surface area (Å²) in [5, 5.41) is 9.05. The first kappa shape index (κ1) is 12.4. The van der Waals surface area contributed by atoms with Crippen LogP contribution in [-0.4, -0.2) is 14.8 Å². The molecule has 6 heteroatoms. The van der Waals surface area contributed by atoms with E-state index in [0.717, 1.165) is 26.9 Å². The Kier molecular flexibility index (Phi) is 3.73. The van der Waals surface area contributed by atoms with Crippen LogP contribution in [0.15, 0.2) is 27.8 Å². The number of nitrogens with two attached hydrogens (primary N) is 1. The standard InChI is InChI=1S/C11H13BrN4S/c1-7-14-15-11(16(7)2)17-6-8-3-4-9(12)10(13)5-8/h3-5H,6,13H2,1-2H3. The lowest BCUT2D eigenvalue weighted by molar-refractivity contribution is 0.765. The number of thioether (sulfide) groups is 1. The van der Waals surface area contributed by atoms with Gasteiger partial charge in [0.25, 0.3) is 0 Å². The van der Waals surface area contributed by atoms with Gasteiger partial charge in [-0.3, -0.25) is 0 Å². The molecule has 0 radical (unpaired) electrons. The van der Waals surface area contributed by atoms with Crippen LogP contribution in [0.25, 0.3) is 0 Å². The van der Waals surface area contributed by atoms with Crippen molar-refractivity contribution in [3.05, 3.63) is 34.1 Å². The largest absolute Gasteiger partial charge is 0.398 e. The van der Waals surface area contributed by atoms with Crippen molar-refractivity contribution in [2.75, 3.05) is 5.73 Å². The first-order valence-corrected chi connectivity index (χ1v) is 6.88. The number of hydrogen-bond donors (Lipinski definition) is 1. The number of benzene rings is 1. The topological polar surface area (TPSA) is 56.7 Å². The van der Waals surface area contributed by atoms with Crippen LogP contribution < -0.4 is 5.73 Å². The van der Waals surface area contributed by atoms with E-state index in [1.54, 1.807) is 11.8 Å². The number of aromatic nitrogens is 3. The molecule has 0 aliphatic carbocycles. The molecule has 90 valence electrons. The lowest BCUT2D eigenvalue weighted by Gasteiger charge is -2.04. The van der Waals surface area contributed by atoms with Gasteiger partial charge in [0.1, 0.15) is 5.82 Å². The zero-order chi connectivity index (χ0) is 12.4. The summed E-state index contributed by atoms with van der Waals surface area (Å²) in [5.41, 5.74) is 7.77. The van der Waals surface area contributed by atoms with Gasteiger partial charge >= 0.3 is 0 Å².